The molecular weight excluding hydrogens is 520 g/mol. The van der Waals surface area contributed by atoms with Gasteiger partial charge < -0.3 is 14.6 Å². The lowest BCUT2D eigenvalue weighted by atomic mass is 10.0. The average Bonchev–Trinajstić information content (AvgIpc) is 3.38. The fourth-order valence-corrected chi connectivity index (χ4v) is 6.16. The van der Waals surface area contributed by atoms with E-state index < -0.39 is 11.5 Å². The van der Waals surface area contributed by atoms with E-state index in [2.05, 4.69) is 41.1 Å². The summed E-state index contributed by atoms with van der Waals surface area (Å²) >= 11 is 1.77. The molecule has 1 aliphatic rings. The maximum Gasteiger partial charge on any atom is 0.349 e. The Kier molecular flexibility index (Phi) is 7.38. The molecular formula is C29H29ClN4O3S. The van der Waals surface area contributed by atoms with Gasteiger partial charge in [-0.25, -0.2) is 9.78 Å². The molecule has 2 aromatic heterocycles. The van der Waals surface area contributed by atoms with E-state index in [1.807, 2.05) is 30.3 Å². The number of nitrogens with zero attached hydrogens (tertiary/aromatic N) is 3. The van der Waals surface area contributed by atoms with Gasteiger partial charge in [-0.3, -0.25) is 9.69 Å². The number of thiazole rings is 1. The van der Waals surface area contributed by atoms with Crippen LogP contribution in [-0.2, 0) is 0 Å². The number of nitrogens with one attached hydrogen (secondary N) is 1. The number of anilines is 1. The molecule has 38 heavy (non-hydrogen) atoms. The molecule has 0 unspecified atom stereocenters. The van der Waals surface area contributed by atoms with Crippen molar-refractivity contribution in [1.82, 2.24) is 15.2 Å². The van der Waals surface area contributed by atoms with E-state index in [0.717, 1.165) is 59.5 Å². The van der Waals surface area contributed by atoms with E-state index in [1.165, 1.54) is 15.8 Å². The van der Waals surface area contributed by atoms with Gasteiger partial charge in [0.15, 0.2) is 5.13 Å². The molecule has 0 aliphatic carbocycles. The highest BCUT2D eigenvalue weighted by atomic mass is 35.5. The first-order valence-corrected chi connectivity index (χ1v) is 13.4. The van der Waals surface area contributed by atoms with E-state index in [0.29, 0.717) is 12.1 Å². The summed E-state index contributed by atoms with van der Waals surface area (Å²) in [5, 5.41) is 6.74. The SMILES string of the molecule is Cc1ccc(C)c2sc(N3CCN(CCNC(=O)c4cc5c(ccc6ccccc65)oc4=O)CC3)nc12.Cl. The number of aryl methyl sites for hydroxylation is 2. The third-order valence-electron chi connectivity index (χ3n) is 7.17. The second kappa shape index (κ2) is 10.7. The van der Waals surface area contributed by atoms with Crippen LogP contribution in [0.15, 0.2) is 63.8 Å². The maximum atomic E-state index is 12.9. The largest absolute Gasteiger partial charge is 0.422 e. The number of halogens is 1. The van der Waals surface area contributed by atoms with Crippen molar-refractivity contribution >= 4 is 66.7 Å². The normalized spacial score (nSPS) is 14.2. The van der Waals surface area contributed by atoms with Crippen molar-refractivity contribution in [3.05, 3.63) is 81.7 Å². The third kappa shape index (κ3) is 4.87. The van der Waals surface area contributed by atoms with Gasteiger partial charge in [-0.1, -0.05) is 53.8 Å². The molecule has 0 radical (unpaired) electrons. The number of fused-ring (bicyclic) bond motifs is 4. The molecule has 1 saturated heterocycles. The highest BCUT2D eigenvalue weighted by molar-refractivity contribution is 7.22. The van der Waals surface area contributed by atoms with Gasteiger partial charge in [0.2, 0.25) is 0 Å². The molecule has 0 bridgehead atoms. The van der Waals surface area contributed by atoms with Crippen molar-refractivity contribution in [1.29, 1.82) is 0 Å². The minimum absolute atomic E-state index is 0. The zero-order valence-corrected chi connectivity index (χ0v) is 23.0. The summed E-state index contributed by atoms with van der Waals surface area (Å²) in [6.45, 7) is 9.02. The Morgan fingerprint density at radius 1 is 1.00 bits per heavy atom. The van der Waals surface area contributed by atoms with Gasteiger partial charge in [0, 0.05) is 44.7 Å². The topological polar surface area (TPSA) is 78.7 Å². The summed E-state index contributed by atoms with van der Waals surface area (Å²) < 4.78 is 6.74. The van der Waals surface area contributed by atoms with E-state index in [4.69, 9.17) is 9.40 Å². The third-order valence-corrected chi connectivity index (χ3v) is 8.43. The second-order valence-electron chi connectivity index (χ2n) is 9.60. The average molecular weight is 549 g/mol. The summed E-state index contributed by atoms with van der Waals surface area (Å²) in [6, 6.07) is 17.5. The fraction of sp³-hybridized carbons (Fsp3) is 0.276. The first-order chi connectivity index (χ1) is 18.0. The molecule has 6 rings (SSSR count). The lowest BCUT2D eigenvalue weighted by Gasteiger charge is -2.34. The number of carbonyl (C=O) groups excluding carboxylic acids is 1. The highest BCUT2D eigenvalue weighted by Crippen LogP contribution is 2.33. The minimum Gasteiger partial charge on any atom is -0.422 e. The minimum atomic E-state index is -0.616. The predicted molar refractivity (Wildman–Crippen MR) is 157 cm³/mol. The van der Waals surface area contributed by atoms with Crippen LogP contribution in [0.1, 0.15) is 21.5 Å². The number of carbonyl (C=O) groups is 1. The van der Waals surface area contributed by atoms with E-state index in [1.54, 1.807) is 23.5 Å². The molecule has 196 valence electrons. The van der Waals surface area contributed by atoms with Crippen LogP contribution in [0.3, 0.4) is 0 Å². The predicted octanol–water partition coefficient (Wildman–Crippen LogP) is 5.15. The van der Waals surface area contributed by atoms with E-state index in [9.17, 15) is 9.59 Å². The molecule has 3 heterocycles. The molecule has 0 atom stereocenters. The van der Waals surface area contributed by atoms with Gasteiger partial charge >= 0.3 is 5.63 Å². The van der Waals surface area contributed by atoms with E-state index >= 15 is 0 Å². The van der Waals surface area contributed by atoms with Gasteiger partial charge in [0.1, 0.15) is 11.1 Å². The van der Waals surface area contributed by atoms with Crippen LogP contribution in [0.4, 0.5) is 5.13 Å². The van der Waals surface area contributed by atoms with Crippen molar-refractivity contribution < 1.29 is 9.21 Å². The van der Waals surface area contributed by atoms with Crippen molar-refractivity contribution in [2.24, 2.45) is 0 Å². The lowest BCUT2D eigenvalue weighted by Crippen LogP contribution is -2.48. The summed E-state index contributed by atoms with van der Waals surface area (Å²) in [4.78, 5) is 35.0. The fourth-order valence-electron chi connectivity index (χ4n) is 5.00. The number of hydrogen-bond donors (Lipinski definition) is 1. The maximum absolute atomic E-state index is 12.9. The molecule has 7 nitrogen and oxygen atoms in total. The quantitative estimate of drug-likeness (QED) is 0.242. The summed E-state index contributed by atoms with van der Waals surface area (Å²) in [5.41, 5.74) is 3.50. The van der Waals surface area contributed by atoms with Crippen molar-refractivity contribution in [3.8, 4) is 0 Å². The van der Waals surface area contributed by atoms with Crippen molar-refractivity contribution in [3.63, 3.8) is 0 Å². The summed E-state index contributed by atoms with van der Waals surface area (Å²) in [7, 11) is 0. The summed E-state index contributed by atoms with van der Waals surface area (Å²) in [6.07, 6.45) is 0. The standard InChI is InChI=1S/C29H28N4O3S.ClH/c1-18-7-8-19(2)26-25(18)31-29(37-26)33-15-13-32(14-16-33)12-11-30-27(34)23-17-22-21-6-4-3-5-20(21)9-10-24(22)36-28(23)35;/h3-10,17H,11-16H2,1-2H3,(H,30,34);1H. The number of aromatic nitrogens is 1. The zero-order valence-electron chi connectivity index (χ0n) is 21.3. The van der Waals surface area contributed by atoms with Crippen LogP contribution in [0, 0.1) is 13.8 Å². The van der Waals surface area contributed by atoms with Gasteiger partial charge in [-0.2, -0.15) is 0 Å². The molecule has 5 aromatic rings. The summed E-state index contributed by atoms with van der Waals surface area (Å²) in [5.74, 6) is -0.401. The zero-order chi connectivity index (χ0) is 25.5. The number of amides is 1. The molecule has 1 N–H and O–H groups in total. The van der Waals surface area contributed by atoms with Crippen LogP contribution in [0.2, 0.25) is 0 Å². The number of hydrogen-bond acceptors (Lipinski definition) is 7. The number of benzene rings is 3. The van der Waals surface area contributed by atoms with Gasteiger partial charge in [0.05, 0.1) is 10.2 Å². The molecule has 3 aromatic carbocycles. The Balaban J connectivity index is 0.00000294. The molecule has 0 saturated carbocycles. The Morgan fingerprint density at radius 2 is 1.76 bits per heavy atom. The number of rotatable bonds is 5. The smallest absolute Gasteiger partial charge is 0.349 e. The lowest BCUT2D eigenvalue weighted by molar-refractivity contribution is 0.0944. The molecule has 1 fully saturated rings. The monoisotopic (exact) mass is 548 g/mol. The van der Waals surface area contributed by atoms with Crippen LogP contribution < -0.4 is 15.8 Å². The molecule has 1 amide bonds. The Morgan fingerprint density at radius 3 is 2.55 bits per heavy atom. The van der Waals surface area contributed by atoms with Crippen molar-refractivity contribution in [2.75, 3.05) is 44.2 Å². The van der Waals surface area contributed by atoms with Crippen LogP contribution in [-0.4, -0.2) is 55.1 Å². The number of piperazine rings is 1. The Hall–Kier alpha value is -3.46. The van der Waals surface area contributed by atoms with Crippen LogP contribution in [0.5, 0.6) is 0 Å². The molecule has 9 heteroatoms. The van der Waals surface area contributed by atoms with Crippen LogP contribution >= 0.6 is 23.7 Å². The Labute approximate surface area is 230 Å². The van der Waals surface area contributed by atoms with Gasteiger partial charge in [0.25, 0.3) is 5.91 Å². The van der Waals surface area contributed by atoms with Gasteiger partial charge in [-0.05, 0) is 47.9 Å². The molecule has 0 spiro atoms. The van der Waals surface area contributed by atoms with E-state index in [-0.39, 0.29) is 18.0 Å². The Bertz CT molecular complexity index is 1670. The van der Waals surface area contributed by atoms with Gasteiger partial charge in [-0.15, -0.1) is 12.4 Å². The first-order valence-electron chi connectivity index (χ1n) is 12.6. The highest BCUT2D eigenvalue weighted by Gasteiger charge is 2.21. The first kappa shape index (κ1) is 26.2. The second-order valence-corrected chi connectivity index (χ2v) is 10.6. The van der Waals surface area contributed by atoms with Crippen molar-refractivity contribution in [2.45, 2.75) is 13.8 Å². The molecule has 1 aliphatic heterocycles. The van der Waals surface area contributed by atoms with Crippen LogP contribution in [0.25, 0.3) is 32.0 Å².